The summed E-state index contributed by atoms with van der Waals surface area (Å²) in [5.74, 6) is 2.13. The van der Waals surface area contributed by atoms with Crippen molar-refractivity contribution in [2.75, 3.05) is 12.9 Å². The van der Waals surface area contributed by atoms with Crippen LogP contribution in [0.2, 0.25) is 0 Å². The molecule has 0 radical (unpaired) electrons. The van der Waals surface area contributed by atoms with E-state index in [1.807, 2.05) is 24.3 Å². The molecule has 0 aliphatic heterocycles. The molecule has 2 saturated carbocycles. The summed E-state index contributed by atoms with van der Waals surface area (Å²) in [5.41, 5.74) is 0.956. The summed E-state index contributed by atoms with van der Waals surface area (Å²) in [7, 11) is 1.69. The van der Waals surface area contributed by atoms with Gasteiger partial charge in [-0.05, 0) is 37.8 Å². The monoisotopic (exact) mass is 442 g/mol. The second-order valence-electron chi connectivity index (χ2n) is 8.71. The fourth-order valence-corrected chi connectivity index (χ4v) is 5.70. The highest BCUT2D eigenvalue weighted by molar-refractivity contribution is 7.99. The molecular formula is C24H34N4O2S. The van der Waals surface area contributed by atoms with Crippen LogP contribution in [0.25, 0.3) is 11.4 Å². The van der Waals surface area contributed by atoms with Crippen molar-refractivity contribution in [1.29, 1.82) is 0 Å². The highest BCUT2D eigenvalue weighted by Crippen LogP contribution is 2.38. The van der Waals surface area contributed by atoms with E-state index in [0.717, 1.165) is 48.0 Å². The van der Waals surface area contributed by atoms with Crippen LogP contribution in [0.3, 0.4) is 0 Å². The van der Waals surface area contributed by atoms with Crippen LogP contribution < -0.4 is 10.1 Å². The first kappa shape index (κ1) is 22.2. The zero-order chi connectivity index (χ0) is 21.5. The second-order valence-corrected chi connectivity index (χ2v) is 9.66. The number of para-hydroxylation sites is 1. The first-order chi connectivity index (χ1) is 15.3. The Morgan fingerprint density at radius 2 is 1.71 bits per heavy atom. The number of nitrogens with one attached hydrogen (secondary N) is 1. The SMILES string of the molecule is COc1ccccc1-c1nnc(SCC(=O)NC2CCCCCC2)n1C1CCCCC1. The van der Waals surface area contributed by atoms with E-state index < -0.39 is 0 Å². The van der Waals surface area contributed by atoms with E-state index in [4.69, 9.17) is 4.74 Å². The second kappa shape index (κ2) is 11.0. The summed E-state index contributed by atoms with van der Waals surface area (Å²) in [5, 5.41) is 13.2. The van der Waals surface area contributed by atoms with E-state index in [0.29, 0.717) is 17.8 Å². The van der Waals surface area contributed by atoms with Gasteiger partial charge in [0.05, 0.1) is 18.4 Å². The maximum Gasteiger partial charge on any atom is 0.230 e. The molecule has 7 heteroatoms. The van der Waals surface area contributed by atoms with E-state index in [-0.39, 0.29) is 5.91 Å². The van der Waals surface area contributed by atoms with Crippen LogP contribution >= 0.6 is 11.8 Å². The molecule has 4 rings (SSSR count). The molecule has 2 aliphatic rings. The molecule has 0 spiro atoms. The van der Waals surface area contributed by atoms with E-state index in [1.54, 1.807) is 7.11 Å². The molecule has 1 heterocycles. The number of thioether (sulfide) groups is 1. The predicted octanol–water partition coefficient (Wildman–Crippen LogP) is 5.39. The Morgan fingerprint density at radius 1 is 1.03 bits per heavy atom. The molecule has 168 valence electrons. The van der Waals surface area contributed by atoms with Crippen LogP contribution in [0.1, 0.15) is 76.7 Å². The summed E-state index contributed by atoms with van der Waals surface area (Å²) in [6.07, 6.45) is 13.2. The number of nitrogens with zero attached hydrogens (tertiary/aromatic N) is 3. The number of rotatable bonds is 7. The largest absolute Gasteiger partial charge is 0.496 e. The van der Waals surface area contributed by atoms with Gasteiger partial charge in [0.2, 0.25) is 5.91 Å². The van der Waals surface area contributed by atoms with Gasteiger partial charge in [-0.1, -0.05) is 68.8 Å². The molecule has 6 nitrogen and oxygen atoms in total. The summed E-state index contributed by atoms with van der Waals surface area (Å²) in [6, 6.07) is 8.67. The molecular weight excluding hydrogens is 408 g/mol. The standard InChI is InChI=1S/C24H34N4O2S/c1-30-21-16-10-9-15-20(21)23-26-27-24(28(23)19-13-7-4-8-14-19)31-17-22(29)25-18-11-5-2-3-6-12-18/h9-10,15-16,18-19H,2-8,11-14,17H2,1H3,(H,25,29). The van der Waals surface area contributed by atoms with Gasteiger partial charge in [-0.2, -0.15) is 0 Å². The third-order valence-electron chi connectivity index (χ3n) is 6.50. The Balaban J connectivity index is 1.51. The summed E-state index contributed by atoms with van der Waals surface area (Å²) < 4.78 is 7.86. The van der Waals surface area contributed by atoms with Crippen LogP contribution in [0, 0.1) is 0 Å². The number of hydrogen-bond acceptors (Lipinski definition) is 5. The molecule has 1 N–H and O–H groups in total. The van der Waals surface area contributed by atoms with Gasteiger partial charge in [-0.25, -0.2) is 0 Å². The van der Waals surface area contributed by atoms with Crippen molar-refractivity contribution in [2.24, 2.45) is 0 Å². The van der Waals surface area contributed by atoms with Crippen molar-refractivity contribution in [1.82, 2.24) is 20.1 Å². The van der Waals surface area contributed by atoms with Gasteiger partial charge >= 0.3 is 0 Å². The quantitative estimate of drug-likeness (QED) is 0.460. The van der Waals surface area contributed by atoms with E-state index >= 15 is 0 Å². The van der Waals surface area contributed by atoms with Gasteiger partial charge in [0.25, 0.3) is 0 Å². The summed E-state index contributed by atoms with van der Waals surface area (Å²) in [4.78, 5) is 12.7. The van der Waals surface area contributed by atoms with Crippen LogP contribution in [0.5, 0.6) is 5.75 Å². The van der Waals surface area contributed by atoms with Crippen LogP contribution in [-0.4, -0.2) is 39.6 Å². The molecule has 1 aromatic carbocycles. The molecule has 1 amide bonds. The fourth-order valence-electron chi connectivity index (χ4n) is 4.88. The molecule has 0 unspecified atom stereocenters. The lowest BCUT2D eigenvalue weighted by molar-refractivity contribution is -0.119. The normalized spacial score (nSPS) is 18.5. The first-order valence-electron chi connectivity index (χ1n) is 11.8. The number of hydrogen-bond donors (Lipinski definition) is 1. The number of carbonyl (C=O) groups excluding carboxylic acids is 1. The smallest absolute Gasteiger partial charge is 0.230 e. The Hall–Kier alpha value is -2.02. The lowest BCUT2D eigenvalue weighted by Gasteiger charge is -2.26. The van der Waals surface area contributed by atoms with Crippen LogP contribution in [0.4, 0.5) is 0 Å². The minimum Gasteiger partial charge on any atom is -0.496 e. The third-order valence-corrected chi connectivity index (χ3v) is 7.45. The summed E-state index contributed by atoms with van der Waals surface area (Å²) >= 11 is 1.51. The number of amides is 1. The van der Waals surface area contributed by atoms with Gasteiger partial charge in [-0.3, -0.25) is 9.36 Å². The number of aromatic nitrogens is 3. The topological polar surface area (TPSA) is 69.0 Å². The maximum absolute atomic E-state index is 12.7. The van der Waals surface area contributed by atoms with Gasteiger partial charge in [0, 0.05) is 12.1 Å². The van der Waals surface area contributed by atoms with Crippen LogP contribution in [-0.2, 0) is 4.79 Å². The molecule has 1 aromatic heterocycles. The molecule has 31 heavy (non-hydrogen) atoms. The van der Waals surface area contributed by atoms with Gasteiger partial charge < -0.3 is 10.1 Å². The molecule has 2 aliphatic carbocycles. The molecule has 0 bridgehead atoms. The zero-order valence-electron chi connectivity index (χ0n) is 18.5. The lowest BCUT2D eigenvalue weighted by atomic mass is 9.95. The first-order valence-corrected chi connectivity index (χ1v) is 12.8. The number of benzene rings is 1. The minimum atomic E-state index is 0.105. The highest BCUT2D eigenvalue weighted by Gasteiger charge is 2.26. The lowest BCUT2D eigenvalue weighted by Crippen LogP contribution is -2.35. The highest BCUT2D eigenvalue weighted by atomic mass is 32.2. The Labute approximate surface area is 189 Å². The van der Waals surface area contributed by atoms with Crippen molar-refractivity contribution in [2.45, 2.75) is 87.9 Å². The van der Waals surface area contributed by atoms with Crippen molar-refractivity contribution in [3.8, 4) is 17.1 Å². The maximum atomic E-state index is 12.7. The summed E-state index contributed by atoms with van der Waals surface area (Å²) in [6.45, 7) is 0. The van der Waals surface area contributed by atoms with Gasteiger partial charge in [0.15, 0.2) is 11.0 Å². The minimum absolute atomic E-state index is 0.105. The van der Waals surface area contributed by atoms with E-state index in [1.165, 1.54) is 56.7 Å². The van der Waals surface area contributed by atoms with Crippen molar-refractivity contribution in [3.63, 3.8) is 0 Å². The van der Waals surface area contributed by atoms with Crippen molar-refractivity contribution >= 4 is 17.7 Å². The van der Waals surface area contributed by atoms with Crippen LogP contribution in [0.15, 0.2) is 29.4 Å². The molecule has 0 saturated heterocycles. The molecule has 2 fully saturated rings. The number of carbonyl (C=O) groups is 1. The average Bonchev–Trinajstić information content (AvgIpc) is 3.07. The zero-order valence-corrected chi connectivity index (χ0v) is 19.3. The Morgan fingerprint density at radius 3 is 2.45 bits per heavy atom. The van der Waals surface area contributed by atoms with Gasteiger partial charge in [-0.15, -0.1) is 10.2 Å². The predicted molar refractivity (Wildman–Crippen MR) is 124 cm³/mol. The molecule has 2 aromatic rings. The average molecular weight is 443 g/mol. The van der Waals surface area contributed by atoms with Gasteiger partial charge in [0.1, 0.15) is 5.75 Å². The van der Waals surface area contributed by atoms with E-state index in [2.05, 4.69) is 20.1 Å². The third kappa shape index (κ3) is 5.62. The van der Waals surface area contributed by atoms with E-state index in [9.17, 15) is 4.79 Å². The Kier molecular flexibility index (Phi) is 7.89. The number of ether oxygens (including phenoxy) is 1. The Bertz CT molecular complexity index is 855. The van der Waals surface area contributed by atoms with Crippen molar-refractivity contribution < 1.29 is 9.53 Å². The number of methoxy groups -OCH3 is 1. The van der Waals surface area contributed by atoms with Crippen molar-refractivity contribution in [3.05, 3.63) is 24.3 Å². The molecule has 0 atom stereocenters. The fraction of sp³-hybridized carbons (Fsp3) is 0.625.